The van der Waals surface area contributed by atoms with Gasteiger partial charge >= 0.3 is 0 Å². The number of anilines is 1. The van der Waals surface area contributed by atoms with Crippen LogP contribution in [-0.2, 0) is 11.2 Å². The van der Waals surface area contributed by atoms with E-state index in [0.717, 1.165) is 30.5 Å². The van der Waals surface area contributed by atoms with Gasteiger partial charge in [0.1, 0.15) is 5.75 Å². The number of nitrogens with two attached hydrogens (primary N) is 1. The number of carbonyl (C=O) groups excluding carboxylic acids is 1. The predicted molar refractivity (Wildman–Crippen MR) is 98.9 cm³/mol. The highest BCUT2D eigenvalue weighted by atomic mass is 35.5. The quantitative estimate of drug-likeness (QED) is 0.806. The van der Waals surface area contributed by atoms with Crippen LogP contribution in [0.25, 0.3) is 0 Å². The molecule has 0 aliphatic heterocycles. The van der Waals surface area contributed by atoms with Crippen molar-refractivity contribution in [2.45, 2.75) is 25.3 Å². The van der Waals surface area contributed by atoms with Gasteiger partial charge in [-0.3, -0.25) is 4.79 Å². The number of hydrogen-bond donors (Lipinski definition) is 2. The van der Waals surface area contributed by atoms with Crippen LogP contribution in [0.4, 0.5) is 5.69 Å². The molecular formula is C18H20Cl2N2O2. The average Bonchev–Trinajstić information content (AvgIpc) is 2.53. The molecule has 1 unspecified atom stereocenters. The van der Waals surface area contributed by atoms with E-state index >= 15 is 0 Å². The predicted octanol–water partition coefficient (Wildman–Crippen LogP) is 3.92. The van der Waals surface area contributed by atoms with Gasteiger partial charge in [-0.2, -0.15) is 0 Å². The normalized spacial score (nSPS) is 15.8. The molecule has 1 aliphatic rings. The number of carbonyl (C=O) groups is 1. The van der Waals surface area contributed by atoms with Crippen molar-refractivity contribution < 1.29 is 9.53 Å². The fourth-order valence-corrected chi connectivity index (χ4v) is 3.11. The molecule has 24 heavy (non-hydrogen) atoms. The Bertz CT molecular complexity index is 722. The van der Waals surface area contributed by atoms with Crippen LogP contribution in [0.3, 0.4) is 0 Å². The highest BCUT2D eigenvalue weighted by Gasteiger charge is 2.22. The van der Waals surface area contributed by atoms with E-state index in [2.05, 4.69) is 5.32 Å². The summed E-state index contributed by atoms with van der Waals surface area (Å²) in [6, 6.07) is 12.9. The van der Waals surface area contributed by atoms with Gasteiger partial charge in [0.05, 0.1) is 6.04 Å². The minimum absolute atomic E-state index is 0. The number of fused-ring (bicyclic) bond motifs is 1. The molecule has 0 fully saturated rings. The van der Waals surface area contributed by atoms with E-state index in [1.54, 1.807) is 24.3 Å². The molecule has 0 spiro atoms. The molecule has 3 rings (SSSR count). The molecule has 6 heteroatoms. The standard InChI is InChI=1S/C18H19ClN2O2.ClH/c19-13-4-2-5-15(10-13)23-11-18(22)21-17-6-1-3-12-9-14(20)7-8-16(12)17;/h2,4-5,7-10,17H,1,3,6,11,20H2,(H,21,22);1H. The number of ether oxygens (including phenoxy) is 1. The van der Waals surface area contributed by atoms with Crippen LogP contribution in [0.5, 0.6) is 5.75 Å². The summed E-state index contributed by atoms with van der Waals surface area (Å²) in [6.45, 7) is -0.0266. The molecule has 0 bridgehead atoms. The molecule has 128 valence electrons. The van der Waals surface area contributed by atoms with E-state index in [4.69, 9.17) is 22.1 Å². The molecule has 1 atom stereocenters. The molecular weight excluding hydrogens is 347 g/mol. The summed E-state index contributed by atoms with van der Waals surface area (Å²) < 4.78 is 5.48. The first-order chi connectivity index (χ1) is 11.1. The lowest BCUT2D eigenvalue weighted by Gasteiger charge is -2.26. The molecule has 1 aliphatic carbocycles. The van der Waals surface area contributed by atoms with Crippen LogP contribution < -0.4 is 15.8 Å². The van der Waals surface area contributed by atoms with Crippen molar-refractivity contribution in [3.05, 3.63) is 58.6 Å². The molecule has 2 aromatic carbocycles. The van der Waals surface area contributed by atoms with Gasteiger partial charge in [0.25, 0.3) is 5.91 Å². The van der Waals surface area contributed by atoms with Crippen molar-refractivity contribution in [2.24, 2.45) is 0 Å². The third-order valence-corrected chi connectivity index (χ3v) is 4.22. The van der Waals surface area contributed by atoms with Crippen LogP contribution >= 0.6 is 24.0 Å². The number of benzene rings is 2. The highest BCUT2D eigenvalue weighted by molar-refractivity contribution is 6.30. The smallest absolute Gasteiger partial charge is 0.258 e. The third kappa shape index (κ3) is 4.56. The minimum Gasteiger partial charge on any atom is -0.484 e. The highest BCUT2D eigenvalue weighted by Crippen LogP contribution is 2.30. The van der Waals surface area contributed by atoms with Crippen LogP contribution in [-0.4, -0.2) is 12.5 Å². The first-order valence-corrected chi connectivity index (χ1v) is 8.05. The lowest BCUT2D eigenvalue weighted by atomic mass is 9.87. The summed E-state index contributed by atoms with van der Waals surface area (Å²) in [5.74, 6) is 0.448. The largest absolute Gasteiger partial charge is 0.484 e. The van der Waals surface area contributed by atoms with Gasteiger partial charge in [-0.05, 0) is 60.7 Å². The average molecular weight is 367 g/mol. The van der Waals surface area contributed by atoms with Crippen LogP contribution in [0.1, 0.15) is 30.0 Å². The zero-order chi connectivity index (χ0) is 16.2. The number of halogens is 2. The number of rotatable bonds is 4. The summed E-state index contributed by atoms with van der Waals surface area (Å²) in [5.41, 5.74) is 8.97. The van der Waals surface area contributed by atoms with Crippen LogP contribution in [0.15, 0.2) is 42.5 Å². The number of nitrogens with one attached hydrogen (secondary N) is 1. The third-order valence-electron chi connectivity index (χ3n) is 3.98. The summed E-state index contributed by atoms with van der Waals surface area (Å²) in [6.07, 6.45) is 2.97. The van der Waals surface area contributed by atoms with E-state index in [0.29, 0.717) is 10.8 Å². The molecule has 0 saturated heterocycles. The van der Waals surface area contributed by atoms with Crippen LogP contribution in [0, 0.1) is 0 Å². The van der Waals surface area contributed by atoms with Crippen molar-refractivity contribution in [3.63, 3.8) is 0 Å². The van der Waals surface area contributed by atoms with Crippen molar-refractivity contribution >= 4 is 35.6 Å². The molecule has 1 amide bonds. The first-order valence-electron chi connectivity index (χ1n) is 7.68. The Balaban J connectivity index is 0.00000208. The fourth-order valence-electron chi connectivity index (χ4n) is 2.93. The Morgan fingerprint density at radius 2 is 2.12 bits per heavy atom. The second-order valence-electron chi connectivity index (χ2n) is 5.72. The fraction of sp³-hybridized carbons (Fsp3) is 0.278. The summed E-state index contributed by atoms with van der Waals surface area (Å²) in [5, 5.41) is 3.63. The van der Waals surface area contributed by atoms with Gasteiger partial charge in [-0.1, -0.05) is 23.7 Å². The second-order valence-corrected chi connectivity index (χ2v) is 6.15. The summed E-state index contributed by atoms with van der Waals surface area (Å²) in [7, 11) is 0. The lowest BCUT2D eigenvalue weighted by molar-refractivity contribution is -0.123. The SMILES string of the molecule is Cl.Nc1ccc2c(c1)CCCC2NC(=O)COc1cccc(Cl)c1. The molecule has 3 N–H and O–H groups in total. The Hall–Kier alpha value is -1.91. The van der Waals surface area contributed by atoms with E-state index < -0.39 is 0 Å². The number of aryl methyl sites for hydroxylation is 1. The number of amides is 1. The van der Waals surface area contributed by atoms with Crippen molar-refractivity contribution in [3.8, 4) is 5.75 Å². The van der Waals surface area contributed by atoms with Crippen molar-refractivity contribution in [1.29, 1.82) is 0 Å². The molecule has 0 radical (unpaired) electrons. The summed E-state index contributed by atoms with van der Waals surface area (Å²) >= 11 is 5.89. The minimum atomic E-state index is -0.139. The maximum atomic E-state index is 12.2. The van der Waals surface area contributed by atoms with Gasteiger partial charge in [0.15, 0.2) is 6.61 Å². The number of hydrogen-bond acceptors (Lipinski definition) is 3. The number of nitrogen functional groups attached to an aromatic ring is 1. The Labute approximate surface area is 152 Å². The first kappa shape index (κ1) is 18.4. The van der Waals surface area contributed by atoms with Gasteiger partial charge in [-0.25, -0.2) is 0 Å². The monoisotopic (exact) mass is 366 g/mol. The van der Waals surface area contributed by atoms with Gasteiger partial charge in [0, 0.05) is 10.7 Å². The molecule has 4 nitrogen and oxygen atoms in total. The maximum absolute atomic E-state index is 12.2. The summed E-state index contributed by atoms with van der Waals surface area (Å²) in [4.78, 5) is 12.2. The van der Waals surface area contributed by atoms with Gasteiger partial charge in [-0.15, -0.1) is 12.4 Å². The molecule has 0 aromatic heterocycles. The van der Waals surface area contributed by atoms with Crippen molar-refractivity contribution in [1.82, 2.24) is 5.32 Å². The Morgan fingerprint density at radius 3 is 2.92 bits per heavy atom. The van der Waals surface area contributed by atoms with Gasteiger partial charge < -0.3 is 15.8 Å². The Morgan fingerprint density at radius 1 is 1.29 bits per heavy atom. The van der Waals surface area contributed by atoms with Gasteiger partial charge in [0.2, 0.25) is 0 Å². The molecule has 0 heterocycles. The van der Waals surface area contributed by atoms with Crippen molar-refractivity contribution in [2.75, 3.05) is 12.3 Å². The van der Waals surface area contributed by atoms with E-state index in [-0.39, 0.29) is 31.0 Å². The molecule has 0 saturated carbocycles. The zero-order valence-electron chi connectivity index (χ0n) is 13.1. The molecule has 2 aromatic rings. The topological polar surface area (TPSA) is 64.3 Å². The Kier molecular flexibility index (Phi) is 6.35. The lowest BCUT2D eigenvalue weighted by Crippen LogP contribution is -2.34. The second kappa shape index (κ2) is 8.27. The maximum Gasteiger partial charge on any atom is 0.258 e. The van der Waals surface area contributed by atoms with E-state index in [1.807, 2.05) is 18.2 Å². The van der Waals surface area contributed by atoms with Crippen LogP contribution in [0.2, 0.25) is 5.02 Å². The zero-order valence-corrected chi connectivity index (χ0v) is 14.7. The van der Waals surface area contributed by atoms with E-state index in [1.165, 1.54) is 5.56 Å². The van der Waals surface area contributed by atoms with E-state index in [9.17, 15) is 4.79 Å².